The molecule has 2 saturated heterocycles. The topological polar surface area (TPSA) is 129 Å². The Morgan fingerprint density at radius 2 is 1.58 bits per heavy atom. The number of hydrogen-bond donors (Lipinski definition) is 3. The van der Waals surface area contributed by atoms with Crippen molar-refractivity contribution in [2.75, 3.05) is 57.9 Å². The molecule has 0 radical (unpaired) electrons. The third-order valence-corrected chi connectivity index (χ3v) is 8.72. The van der Waals surface area contributed by atoms with Crippen molar-refractivity contribution in [2.45, 2.75) is 10.6 Å². The van der Waals surface area contributed by atoms with Gasteiger partial charge >= 0.3 is 6.03 Å². The molecule has 4 heterocycles. The standard InChI is InChI=1S/C26H29N5O6S/c32-25(29-8-12-36-13-9-29)23-21-17-38(34,35)22-7-2-1-6-20(22)24(21)31(28-23)19-5-3-4-18(16-19)27-26(33)30-10-14-37-15-11-30/h1-7,16,34-35H,8-15,17H2,(H,27,33). The van der Waals surface area contributed by atoms with Gasteiger partial charge in [-0.05, 0) is 24.3 Å². The van der Waals surface area contributed by atoms with Crippen LogP contribution in [0.25, 0.3) is 16.9 Å². The zero-order chi connectivity index (χ0) is 26.3. The molecule has 6 rings (SSSR count). The summed E-state index contributed by atoms with van der Waals surface area (Å²) in [5.41, 5.74) is 3.17. The van der Waals surface area contributed by atoms with Crippen molar-refractivity contribution >= 4 is 28.2 Å². The highest BCUT2D eigenvalue weighted by Crippen LogP contribution is 2.59. The number of carbonyl (C=O) groups is 2. The van der Waals surface area contributed by atoms with Gasteiger partial charge in [0, 0.05) is 43.0 Å². The largest absolute Gasteiger partial charge is 0.378 e. The second-order valence-corrected chi connectivity index (χ2v) is 11.4. The van der Waals surface area contributed by atoms with E-state index in [9.17, 15) is 18.7 Å². The van der Waals surface area contributed by atoms with Gasteiger partial charge in [0.1, 0.15) is 0 Å². The number of ether oxygens (including phenoxy) is 2. The molecule has 0 aliphatic carbocycles. The molecule has 0 unspecified atom stereocenters. The molecule has 11 nitrogen and oxygen atoms in total. The number of rotatable bonds is 3. The van der Waals surface area contributed by atoms with Gasteiger partial charge in [0.2, 0.25) is 0 Å². The molecule has 3 aromatic rings. The molecule has 0 saturated carbocycles. The van der Waals surface area contributed by atoms with E-state index in [-0.39, 0.29) is 23.4 Å². The lowest BCUT2D eigenvalue weighted by Crippen LogP contribution is -2.43. The van der Waals surface area contributed by atoms with E-state index in [1.54, 1.807) is 38.7 Å². The van der Waals surface area contributed by atoms with Gasteiger partial charge in [-0.25, -0.2) is 9.48 Å². The van der Waals surface area contributed by atoms with Crippen molar-refractivity contribution < 1.29 is 28.2 Å². The molecule has 1 aromatic heterocycles. The maximum absolute atomic E-state index is 13.6. The molecule has 0 atom stereocenters. The summed E-state index contributed by atoms with van der Waals surface area (Å²) in [6.07, 6.45) is 0. The molecule has 2 aromatic carbocycles. The molecule has 2 fully saturated rings. The number of nitrogens with zero attached hydrogens (tertiary/aromatic N) is 4. The van der Waals surface area contributed by atoms with Gasteiger partial charge in [0.25, 0.3) is 5.91 Å². The number of fused-ring (bicyclic) bond motifs is 3. The fraction of sp³-hybridized carbons (Fsp3) is 0.346. The summed E-state index contributed by atoms with van der Waals surface area (Å²) >= 11 is 0. The Labute approximate surface area is 221 Å². The van der Waals surface area contributed by atoms with Crippen LogP contribution in [0.3, 0.4) is 0 Å². The smallest absolute Gasteiger partial charge is 0.322 e. The van der Waals surface area contributed by atoms with Gasteiger partial charge in [0.15, 0.2) is 5.69 Å². The van der Waals surface area contributed by atoms with E-state index in [4.69, 9.17) is 14.6 Å². The number of carbonyl (C=O) groups excluding carboxylic acids is 2. The highest BCUT2D eigenvalue weighted by atomic mass is 32.3. The summed E-state index contributed by atoms with van der Waals surface area (Å²) < 4.78 is 34.5. The van der Waals surface area contributed by atoms with Crippen molar-refractivity contribution in [1.82, 2.24) is 19.6 Å². The van der Waals surface area contributed by atoms with Crippen molar-refractivity contribution in [3.05, 3.63) is 59.8 Å². The van der Waals surface area contributed by atoms with Crippen molar-refractivity contribution in [3.8, 4) is 16.9 Å². The quantitative estimate of drug-likeness (QED) is 0.465. The van der Waals surface area contributed by atoms with E-state index in [1.165, 1.54) is 0 Å². The lowest BCUT2D eigenvalue weighted by molar-refractivity contribution is 0.0298. The maximum Gasteiger partial charge on any atom is 0.322 e. The minimum atomic E-state index is -3.17. The van der Waals surface area contributed by atoms with Crippen LogP contribution in [0, 0.1) is 0 Å². The molecule has 3 aliphatic heterocycles. The molecular weight excluding hydrogens is 510 g/mol. The van der Waals surface area contributed by atoms with Crippen molar-refractivity contribution in [2.24, 2.45) is 0 Å². The van der Waals surface area contributed by atoms with Crippen LogP contribution in [0.1, 0.15) is 16.1 Å². The minimum absolute atomic E-state index is 0.0990. The average molecular weight is 540 g/mol. The van der Waals surface area contributed by atoms with Crippen LogP contribution >= 0.6 is 10.6 Å². The third kappa shape index (κ3) is 4.54. The number of benzene rings is 2. The van der Waals surface area contributed by atoms with E-state index in [0.29, 0.717) is 85.7 Å². The number of urea groups is 1. The van der Waals surface area contributed by atoms with Gasteiger partial charge in [0.05, 0.1) is 48.5 Å². The van der Waals surface area contributed by atoms with E-state index in [0.717, 1.165) is 0 Å². The fourth-order valence-corrected chi connectivity index (χ4v) is 6.69. The Hall–Kier alpha value is -3.42. The van der Waals surface area contributed by atoms with Crippen LogP contribution in [0.5, 0.6) is 0 Å². The molecule has 0 bridgehead atoms. The molecule has 3 amide bonds. The zero-order valence-electron chi connectivity index (χ0n) is 20.7. The average Bonchev–Trinajstić information content (AvgIpc) is 3.32. The molecular formula is C26H29N5O6S. The number of hydrogen-bond acceptors (Lipinski definition) is 7. The summed E-state index contributed by atoms with van der Waals surface area (Å²) in [5.74, 6) is -0.368. The van der Waals surface area contributed by atoms with Crippen LogP contribution in [0.4, 0.5) is 10.5 Å². The Kier molecular flexibility index (Phi) is 6.58. The van der Waals surface area contributed by atoms with E-state index in [1.807, 2.05) is 24.3 Å². The number of anilines is 1. The number of morpholine rings is 2. The van der Waals surface area contributed by atoms with Crippen LogP contribution < -0.4 is 5.32 Å². The lowest BCUT2D eigenvalue weighted by Gasteiger charge is -2.38. The number of amides is 3. The summed E-state index contributed by atoms with van der Waals surface area (Å²) in [6.45, 7) is 3.82. The maximum atomic E-state index is 13.6. The monoisotopic (exact) mass is 539 g/mol. The second kappa shape index (κ2) is 10.0. The summed E-state index contributed by atoms with van der Waals surface area (Å²) in [7, 11) is -3.17. The first-order valence-electron chi connectivity index (χ1n) is 12.5. The molecule has 3 aliphatic rings. The van der Waals surface area contributed by atoms with Gasteiger partial charge in [-0.2, -0.15) is 15.7 Å². The molecule has 0 spiro atoms. The normalized spacial score (nSPS) is 19.3. The van der Waals surface area contributed by atoms with Crippen LogP contribution in [-0.2, 0) is 15.2 Å². The summed E-state index contributed by atoms with van der Waals surface area (Å²) in [4.78, 5) is 30.2. The first kappa shape index (κ1) is 24.9. The van der Waals surface area contributed by atoms with Gasteiger partial charge in [-0.3, -0.25) is 13.9 Å². The van der Waals surface area contributed by atoms with E-state index in [2.05, 4.69) is 5.32 Å². The Balaban J connectivity index is 1.43. The molecule has 200 valence electrons. The van der Waals surface area contributed by atoms with Gasteiger partial charge < -0.3 is 24.6 Å². The molecule has 12 heteroatoms. The number of aromatic nitrogens is 2. The van der Waals surface area contributed by atoms with E-state index < -0.39 is 10.6 Å². The molecule has 3 N–H and O–H groups in total. The Bertz CT molecular complexity index is 1380. The first-order valence-corrected chi connectivity index (χ1v) is 14.2. The summed E-state index contributed by atoms with van der Waals surface area (Å²) in [6, 6.07) is 14.1. The predicted molar refractivity (Wildman–Crippen MR) is 142 cm³/mol. The van der Waals surface area contributed by atoms with Gasteiger partial charge in [-0.15, -0.1) is 0 Å². The predicted octanol–water partition coefficient (Wildman–Crippen LogP) is 3.50. The second-order valence-electron chi connectivity index (χ2n) is 9.38. The van der Waals surface area contributed by atoms with Crippen LogP contribution in [0.2, 0.25) is 0 Å². The minimum Gasteiger partial charge on any atom is -0.378 e. The zero-order valence-corrected chi connectivity index (χ0v) is 21.5. The van der Waals surface area contributed by atoms with Crippen LogP contribution in [-0.4, -0.2) is 93.2 Å². The molecule has 38 heavy (non-hydrogen) atoms. The lowest BCUT2D eigenvalue weighted by atomic mass is 10.0. The fourth-order valence-electron chi connectivity index (χ4n) is 5.05. The first-order chi connectivity index (χ1) is 18.4. The van der Waals surface area contributed by atoms with Crippen molar-refractivity contribution in [1.29, 1.82) is 0 Å². The summed E-state index contributed by atoms with van der Waals surface area (Å²) in [5, 5.41) is 7.69. The third-order valence-electron chi connectivity index (χ3n) is 6.96. The highest BCUT2D eigenvalue weighted by Gasteiger charge is 2.37. The van der Waals surface area contributed by atoms with Gasteiger partial charge in [-0.1, -0.05) is 24.3 Å². The SMILES string of the molecule is O=C(Nc1cccc(-n2nc(C(=O)N3CCOCC3)c3c2-c2ccccc2S(O)(O)C3)c1)N1CCOCC1. The van der Waals surface area contributed by atoms with Crippen LogP contribution in [0.15, 0.2) is 53.4 Å². The Morgan fingerprint density at radius 1 is 0.895 bits per heavy atom. The van der Waals surface area contributed by atoms with E-state index >= 15 is 0 Å². The highest BCUT2D eigenvalue weighted by molar-refractivity contribution is 8.23. The number of nitrogens with one attached hydrogen (secondary N) is 1. The van der Waals surface area contributed by atoms with Crippen molar-refractivity contribution in [3.63, 3.8) is 0 Å². The Morgan fingerprint density at radius 3 is 2.32 bits per heavy atom.